The fourth-order valence-corrected chi connectivity index (χ4v) is 4.89. The zero-order valence-corrected chi connectivity index (χ0v) is 18.9. The van der Waals surface area contributed by atoms with Crippen LogP contribution in [0.15, 0.2) is 35.5 Å². The summed E-state index contributed by atoms with van der Waals surface area (Å²) in [4.78, 5) is 33.3. The molecule has 0 radical (unpaired) electrons. The maximum atomic E-state index is 14.3. The number of anilines is 1. The number of aromatic nitrogens is 7. The predicted octanol–water partition coefficient (Wildman–Crippen LogP) is 2.21. The molecule has 1 N–H and O–H groups in total. The highest BCUT2D eigenvalue weighted by molar-refractivity contribution is 7.19. The Morgan fingerprint density at radius 3 is 2.73 bits per heavy atom. The molecule has 0 fully saturated rings. The van der Waals surface area contributed by atoms with Gasteiger partial charge in [0, 0.05) is 39.0 Å². The van der Waals surface area contributed by atoms with Crippen LogP contribution in [0.5, 0.6) is 0 Å². The summed E-state index contributed by atoms with van der Waals surface area (Å²) < 4.78 is 19.8. The molecule has 0 aliphatic rings. The summed E-state index contributed by atoms with van der Waals surface area (Å²) in [5.74, 6) is -0.707. The molecule has 33 heavy (non-hydrogen) atoms. The van der Waals surface area contributed by atoms with Gasteiger partial charge < -0.3 is 9.88 Å². The molecule has 10 nitrogen and oxygen atoms in total. The maximum absolute atomic E-state index is 14.3. The van der Waals surface area contributed by atoms with Crippen molar-refractivity contribution in [1.82, 2.24) is 34.1 Å². The molecule has 12 heteroatoms. The number of amides is 1. The standard InChI is InChI=1S/C21H19FN8O2S/c1-11(31)25-16-5-4-14(22)15(26-16)10-30-21(32)18-13(8-24-30)19-20(29(18)3)27-17(33-19)6-12-7-23-28(2)9-12/h4-5,7-9H,6,10H2,1-3H3,(H,25,26,31). The highest BCUT2D eigenvalue weighted by atomic mass is 32.1. The van der Waals surface area contributed by atoms with Gasteiger partial charge in [-0.3, -0.25) is 14.3 Å². The van der Waals surface area contributed by atoms with Crippen LogP contribution < -0.4 is 10.9 Å². The first-order valence-electron chi connectivity index (χ1n) is 10.0. The third-order valence-electron chi connectivity index (χ3n) is 5.21. The molecule has 5 rings (SSSR count). The van der Waals surface area contributed by atoms with Crippen molar-refractivity contribution in [2.75, 3.05) is 5.32 Å². The first-order valence-corrected chi connectivity index (χ1v) is 10.9. The number of aryl methyl sites for hydroxylation is 2. The first-order chi connectivity index (χ1) is 15.8. The molecular weight excluding hydrogens is 447 g/mol. The van der Waals surface area contributed by atoms with Crippen LogP contribution in [-0.2, 0) is 31.9 Å². The van der Waals surface area contributed by atoms with Gasteiger partial charge in [-0.1, -0.05) is 0 Å². The molecule has 0 aromatic carbocycles. The maximum Gasteiger partial charge on any atom is 0.291 e. The SMILES string of the molecule is CC(=O)Nc1ccc(F)c(Cn2ncc3c4sc(Cc5cnn(C)c5)nc4n(C)c3c2=O)n1. The van der Waals surface area contributed by atoms with Crippen molar-refractivity contribution in [2.45, 2.75) is 19.9 Å². The van der Waals surface area contributed by atoms with Gasteiger partial charge in [-0.05, 0) is 17.7 Å². The Labute approximate surface area is 190 Å². The molecule has 0 spiro atoms. The van der Waals surface area contributed by atoms with E-state index in [4.69, 9.17) is 4.98 Å². The number of thiazole rings is 1. The molecule has 0 aliphatic heterocycles. The number of hydrogen-bond donors (Lipinski definition) is 1. The van der Waals surface area contributed by atoms with Crippen molar-refractivity contribution in [2.24, 2.45) is 14.1 Å². The highest BCUT2D eigenvalue weighted by Crippen LogP contribution is 2.31. The lowest BCUT2D eigenvalue weighted by molar-refractivity contribution is -0.114. The molecule has 0 atom stereocenters. The molecule has 0 saturated carbocycles. The topological polar surface area (TPSA) is 113 Å². The van der Waals surface area contributed by atoms with Crippen LogP contribution in [0.1, 0.15) is 23.2 Å². The Morgan fingerprint density at radius 2 is 2.00 bits per heavy atom. The Hall–Kier alpha value is -3.93. The van der Waals surface area contributed by atoms with Gasteiger partial charge in [0.2, 0.25) is 5.91 Å². The summed E-state index contributed by atoms with van der Waals surface area (Å²) in [5, 5.41) is 12.6. The lowest BCUT2D eigenvalue weighted by atomic mass is 10.3. The van der Waals surface area contributed by atoms with Crippen molar-refractivity contribution in [1.29, 1.82) is 0 Å². The van der Waals surface area contributed by atoms with Crippen molar-refractivity contribution in [3.8, 4) is 0 Å². The molecule has 5 aromatic rings. The Morgan fingerprint density at radius 1 is 1.18 bits per heavy atom. The highest BCUT2D eigenvalue weighted by Gasteiger charge is 2.19. The quantitative estimate of drug-likeness (QED) is 0.425. The number of rotatable bonds is 5. The van der Waals surface area contributed by atoms with Crippen LogP contribution in [0.3, 0.4) is 0 Å². The molecule has 5 heterocycles. The van der Waals surface area contributed by atoms with E-state index in [1.165, 1.54) is 30.4 Å². The zero-order valence-electron chi connectivity index (χ0n) is 18.0. The number of carbonyl (C=O) groups is 1. The molecular formula is C21H19FN8O2S. The minimum atomic E-state index is -0.590. The smallest absolute Gasteiger partial charge is 0.291 e. The van der Waals surface area contributed by atoms with E-state index in [2.05, 4.69) is 20.5 Å². The van der Waals surface area contributed by atoms with Gasteiger partial charge >= 0.3 is 0 Å². The number of hydrogen-bond acceptors (Lipinski definition) is 7. The molecule has 0 unspecified atom stereocenters. The Kier molecular flexibility index (Phi) is 5.01. The van der Waals surface area contributed by atoms with Gasteiger partial charge in [-0.15, -0.1) is 11.3 Å². The van der Waals surface area contributed by atoms with Crippen LogP contribution in [0.25, 0.3) is 21.3 Å². The van der Waals surface area contributed by atoms with Crippen LogP contribution in [0, 0.1) is 5.82 Å². The van der Waals surface area contributed by atoms with E-state index in [0.717, 1.165) is 20.0 Å². The van der Waals surface area contributed by atoms with Gasteiger partial charge in [-0.25, -0.2) is 19.0 Å². The lowest BCUT2D eigenvalue weighted by Gasteiger charge is -2.08. The molecule has 0 bridgehead atoms. The fourth-order valence-electron chi connectivity index (χ4n) is 3.75. The molecule has 168 valence electrons. The van der Waals surface area contributed by atoms with Crippen LogP contribution >= 0.6 is 11.3 Å². The normalized spacial score (nSPS) is 11.5. The Balaban J connectivity index is 1.52. The average molecular weight is 467 g/mol. The van der Waals surface area contributed by atoms with E-state index in [-0.39, 0.29) is 29.5 Å². The predicted molar refractivity (Wildman–Crippen MR) is 122 cm³/mol. The summed E-state index contributed by atoms with van der Waals surface area (Å²) in [6, 6.07) is 2.56. The van der Waals surface area contributed by atoms with E-state index < -0.39 is 5.82 Å². The van der Waals surface area contributed by atoms with Gasteiger partial charge in [0.05, 0.1) is 23.6 Å². The first kappa shape index (κ1) is 20.9. The van der Waals surface area contributed by atoms with E-state index in [9.17, 15) is 14.0 Å². The van der Waals surface area contributed by atoms with Crippen LogP contribution in [-0.4, -0.2) is 40.0 Å². The van der Waals surface area contributed by atoms with E-state index >= 15 is 0 Å². The molecule has 0 aliphatic carbocycles. The number of nitrogens with zero attached hydrogens (tertiary/aromatic N) is 7. The van der Waals surface area contributed by atoms with Gasteiger partial charge in [-0.2, -0.15) is 10.2 Å². The van der Waals surface area contributed by atoms with E-state index in [0.29, 0.717) is 23.0 Å². The van der Waals surface area contributed by atoms with Crippen molar-refractivity contribution >= 4 is 44.3 Å². The second-order valence-electron chi connectivity index (χ2n) is 7.69. The molecule has 0 saturated heterocycles. The number of fused-ring (bicyclic) bond motifs is 3. The summed E-state index contributed by atoms with van der Waals surface area (Å²) >= 11 is 1.51. The minimum Gasteiger partial charge on any atom is -0.323 e. The number of pyridine rings is 1. The number of carbonyl (C=O) groups excluding carboxylic acids is 1. The average Bonchev–Trinajstić information content (AvgIpc) is 3.43. The Bertz CT molecular complexity index is 1600. The fraction of sp³-hybridized carbons (Fsp3) is 0.238. The summed E-state index contributed by atoms with van der Waals surface area (Å²) in [6.07, 6.45) is 5.99. The van der Waals surface area contributed by atoms with Gasteiger partial charge in [0.15, 0.2) is 5.65 Å². The van der Waals surface area contributed by atoms with E-state index in [1.807, 2.05) is 13.2 Å². The van der Waals surface area contributed by atoms with Crippen molar-refractivity contribution < 1.29 is 9.18 Å². The monoisotopic (exact) mass is 466 g/mol. The van der Waals surface area contributed by atoms with Crippen molar-refractivity contribution in [3.63, 3.8) is 0 Å². The number of nitrogens with one attached hydrogen (secondary N) is 1. The lowest BCUT2D eigenvalue weighted by Crippen LogP contribution is -2.25. The summed E-state index contributed by atoms with van der Waals surface area (Å²) in [6.45, 7) is 1.16. The summed E-state index contributed by atoms with van der Waals surface area (Å²) in [5.41, 5.74) is 1.81. The third kappa shape index (κ3) is 3.78. The largest absolute Gasteiger partial charge is 0.323 e. The van der Waals surface area contributed by atoms with Gasteiger partial charge in [0.1, 0.15) is 27.9 Å². The second-order valence-corrected chi connectivity index (χ2v) is 8.78. The van der Waals surface area contributed by atoms with E-state index in [1.54, 1.807) is 28.7 Å². The van der Waals surface area contributed by atoms with Gasteiger partial charge in [0.25, 0.3) is 5.56 Å². The zero-order chi connectivity index (χ0) is 23.3. The second kappa shape index (κ2) is 7.89. The molecule has 1 amide bonds. The van der Waals surface area contributed by atoms with Crippen molar-refractivity contribution in [3.05, 3.63) is 63.2 Å². The molecule has 5 aromatic heterocycles. The summed E-state index contributed by atoms with van der Waals surface area (Å²) in [7, 11) is 3.64. The van der Waals surface area contributed by atoms with Crippen LogP contribution in [0.2, 0.25) is 0 Å². The number of halogens is 1. The minimum absolute atomic E-state index is 0.00287. The van der Waals surface area contributed by atoms with Crippen LogP contribution in [0.4, 0.5) is 10.2 Å². The third-order valence-corrected chi connectivity index (χ3v) is 6.28.